The highest BCUT2D eigenvalue weighted by Gasteiger charge is 2.16. The topological polar surface area (TPSA) is 71.2 Å². The summed E-state index contributed by atoms with van der Waals surface area (Å²) < 4.78 is 0. The van der Waals surface area contributed by atoms with E-state index in [1.807, 2.05) is 24.4 Å². The molecule has 1 aliphatic heterocycles. The molecule has 0 radical (unpaired) electrons. The van der Waals surface area contributed by atoms with Crippen LogP contribution in [-0.4, -0.2) is 58.0 Å². The van der Waals surface area contributed by atoms with Gasteiger partial charge in [-0.1, -0.05) is 0 Å². The lowest BCUT2D eigenvalue weighted by Gasteiger charge is -2.32. The summed E-state index contributed by atoms with van der Waals surface area (Å²) in [6.07, 6.45) is 3.52. The van der Waals surface area contributed by atoms with Crippen LogP contribution in [0.3, 0.4) is 0 Å². The molecule has 1 aliphatic rings. The molecule has 3 rings (SSSR count). The maximum atomic E-state index is 5.69. The minimum absolute atomic E-state index is 0.293. The first-order chi connectivity index (χ1) is 10.2. The minimum Gasteiger partial charge on any atom is -0.368 e. The van der Waals surface area contributed by atoms with Crippen LogP contribution in [0.1, 0.15) is 5.69 Å². The van der Waals surface area contributed by atoms with E-state index in [1.54, 1.807) is 6.20 Å². The predicted molar refractivity (Wildman–Crippen MR) is 82.4 cm³/mol. The van der Waals surface area contributed by atoms with Crippen molar-refractivity contribution in [2.75, 3.05) is 39.0 Å². The van der Waals surface area contributed by atoms with Crippen molar-refractivity contribution in [3.8, 4) is 11.3 Å². The Morgan fingerprint density at radius 1 is 1.10 bits per heavy atom. The van der Waals surface area contributed by atoms with Crippen molar-refractivity contribution < 1.29 is 0 Å². The maximum absolute atomic E-state index is 5.69. The first-order valence-corrected chi connectivity index (χ1v) is 7.16. The van der Waals surface area contributed by atoms with Gasteiger partial charge in [-0.3, -0.25) is 9.88 Å². The molecule has 2 N–H and O–H groups in total. The largest absolute Gasteiger partial charge is 0.368 e. The van der Waals surface area contributed by atoms with Crippen molar-refractivity contribution in [2.24, 2.45) is 0 Å². The summed E-state index contributed by atoms with van der Waals surface area (Å²) in [4.78, 5) is 17.6. The molecule has 0 saturated carbocycles. The van der Waals surface area contributed by atoms with Crippen LogP contribution in [0.25, 0.3) is 11.3 Å². The van der Waals surface area contributed by atoms with Crippen LogP contribution < -0.4 is 5.73 Å². The molecule has 0 atom stereocenters. The number of hydrogen-bond acceptors (Lipinski definition) is 6. The Morgan fingerprint density at radius 3 is 2.67 bits per heavy atom. The SMILES string of the molecule is CN1CCN(Cc2ncccc2-c2ccnc(N)n2)CC1. The zero-order valence-corrected chi connectivity index (χ0v) is 12.2. The van der Waals surface area contributed by atoms with E-state index < -0.39 is 0 Å². The van der Waals surface area contributed by atoms with Gasteiger partial charge in [0.25, 0.3) is 0 Å². The first-order valence-electron chi connectivity index (χ1n) is 7.16. The Kier molecular flexibility index (Phi) is 4.08. The number of aromatic nitrogens is 3. The van der Waals surface area contributed by atoms with Crippen LogP contribution >= 0.6 is 0 Å². The van der Waals surface area contributed by atoms with E-state index in [4.69, 9.17) is 5.73 Å². The van der Waals surface area contributed by atoms with E-state index in [0.717, 1.165) is 49.7 Å². The van der Waals surface area contributed by atoms with Crippen molar-refractivity contribution >= 4 is 5.95 Å². The Labute approximate surface area is 124 Å². The molecule has 1 saturated heterocycles. The molecular formula is C15H20N6. The van der Waals surface area contributed by atoms with Gasteiger partial charge in [0.1, 0.15) is 0 Å². The summed E-state index contributed by atoms with van der Waals surface area (Å²) in [6, 6.07) is 5.85. The van der Waals surface area contributed by atoms with E-state index in [2.05, 4.69) is 31.8 Å². The van der Waals surface area contributed by atoms with Crippen molar-refractivity contribution in [3.05, 3.63) is 36.3 Å². The minimum atomic E-state index is 0.293. The normalized spacial score (nSPS) is 17.0. The zero-order valence-electron chi connectivity index (χ0n) is 12.2. The second-order valence-electron chi connectivity index (χ2n) is 5.38. The number of hydrogen-bond donors (Lipinski definition) is 1. The molecule has 0 amide bonds. The highest BCUT2D eigenvalue weighted by Crippen LogP contribution is 2.21. The van der Waals surface area contributed by atoms with E-state index in [9.17, 15) is 0 Å². The molecule has 0 aromatic carbocycles. The highest BCUT2D eigenvalue weighted by molar-refractivity contribution is 5.62. The fourth-order valence-corrected chi connectivity index (χ4v) is 2.54. The molecule has 0 aliphatic carbocycles. The third-order valence-corrected chi connectivity index (χ3v) is 3.81. The summed E-state index contributed by atoms with van der Waals surface area (Å²) in [7, 11) is 2.16. The van der Waals surface area contributed by atoms with E-state index >= 15 is 0 Å². The van der Waals surface area contributed by atoms with E-state index in [0.29, 0.717) is 5.95 Å². The van der Waals surface area contributed by atoms with Crippen molar-refractivity contribution in [2.45, 2.75) is 6.54 Å². The van der Waals surface area contributed by atoms with Gasteiger partial charge in [0, 0.05) is 50.7 Å². The van der Waals surface area contributed by atoms with Crippen LogP contribution in [-0.2, 0) is 6.54 Å². The number of likely N-dealkylation sites (N-methyl/N-ethyl adjacent to an activating group) is 1. The van der Waals surface area contributed by atoms with Crippen molar-refractivity contribution in [1.29, 1.82) is 0 Å². The van der Waals surface area contributed by atoms with Crippen molar-refractivity contribution in [1.82, 2.24) is 24.8 Å². The molecular weight excluding hydrogens is 264 g/mol. The van der Waals surface area contributed by atoms with E-state index in [-0.39, 0.29) is 0 Å². The number of nitrogens with zero attached hydrogens (tertiary/aromatic N) is 5. The maximum Gasteiger partial charge on any atom is 0.220 e. The lowest BCUT2D eigenvalue weighted by molar-refractivity contribution is 0.147. The summed E-state index contributed by atoms with van der Waals surface area (Å²) in [6.45, 7) is 5.18. The van der Waals surface area contributed by atoms with Gasteiger partial charge in [0.2, 0.25) is 5.95 Å². The molecule has 6 nitrogen and oxygen atoms in total. The molecule has 21 heavy (non-hydrogen) atoms. The number of rotatable bonds is 3. The van der Waals surface area contributed by atoms with Crippen LogP contribution in [0.15, 0.2) is 30.6 Å². The van der Waals surface area contributed by atoms with Gasteiger partial charge < -0.3 is 10.6 Å². The van der Waals surface area contributed by atoms with Crippen LogP contribution in [0, 0.1) is 0 Å². The van der Waals surface area contributed by atoms with Gasteiger partial charge in [-0.2, -0.15) is 0 Å². The molecule has 110 valence electrons. The molecule has 6 heteroatoms. The number of anilines is 1. The Bertz CT molecular complexity index is 607. The molecule has 1 fully saturated rings. The van der Waals surface area contributed by atoms with Crippen LogP contribution in [0.2, 0.25) is 0 Å². The standard InChI is InChI=1S/C15H20N6/c1-20-7-9-21(10-8-20)11-14-12(3-2-5-17-14)13-4-6-18-15(16)19-13/h2-6H,7-11H2,1H3,(H2,16,18,19). The van der Waals surface area contributed by atoms with E-state index in [1.165, 1.54) is 0 Å². The Balaban J connectivity index is 1.83. The van der Waals surface area contributed by atoms with Crippen LogP contribution in [0.5, 0.6) is 0 Å². The summed E-state index contributed by atoms with van der Waals surface area (Å²) >= 11 is 0. The second-order valence-corrected chi connectivity index (χ2v) is 5.38. The summed E-state index contributed by atoms with van der Waals surface area (Å²) in [5.41, 5.74) is 8.59. The quantitative estimate of drug-likeness (QED) is 0.901. The lowest BCUT2D eigenvalue weighted by atomic mass is 10.1. The number of pyridine rings is 1. The molecule has 0 spiro atoms. The number of nitrogen functional groups attached to an aromatic ring is 1. The Morgan fingerprint density at radius 2 is 1.90 bits per heavy atom. The molecule has 0 bridgehead atoms. The highest BCUT2D eigenvalue weighted by atomic mass is 15.2. The van der Waals surface area contributed by atoms with Gasteiger partial charge in [-0.15, -0.1) is 0 Å². The van der Waals surface area contributed by atoms with Gasteiger partial charge in [0.05, 0.1) is 11.4 Å². The molecule has 3 heterocycles. The zero-order chi connectivity index (χ0) is 14.7. The third kappa shape index (κ3) is 3.34. The predicted octanol–water partition coefficient (Wildman–Crippen LogP) is 0.868. The van der Waals surface area contributed by atoms with Crippen molar-refractivity contribution in [3.63, 3.8) is 0 Å². The third-order valence-electron chi connectivity index (χ3n) is 3.81. The first kappa shape index (κ1) is 13.9. The fourth-order valence-electron chi connectivity index (χ4n) is 2.54. The Hall–Kier alpha value is -2.05. The van der Waals surface area contributed by atoms with Gasteiger partial charge in [0.15, 0.2) is 0 Å². The second kappa shape index (κ2) is 6.15. The number of nitrogens with two attached hydrogens (primary N) is 1. The summed E-state index contributed by atoms with van der Waals surface area (Å²) in [5.74, 6) is 0.293. The average Bonchev–Trinajstić information content (AvgIpc) is 2.50. The summed E-state index contributed by atoms with van der Waals surface area (Å²) in [5, 5.41) is 0. The van der Waals surface area contributed by atoms with Crippen LogP contribution in [0.4, 0.5) is 5.95 Å². The average molecular weight is 284 g/mol. The monoisotopic (exact) mass is 284 g/mol. The van der Waals surface area contributed by atoms with Gasteiger partial charge in [-0.25, -0.2) is 9.97 Å². The van der Waals surface area contributed by atoms with Gasteiger partial charge in [-0.05, 0) is 25.2 Å². The smallest absolute Gasteiger partial charge is 0.220 e. The number of piperazine rings is 1. The molecule has 2 aromatic rings. The molecule has 2 aromatic heterocycles. The van der Waals surface area contributed by atoms with Gasteiger partial charge >= 0.3 is 0 Å². The lowest BCUT2D eigenvalue weighted by Crippen LogP contribution is -2.44. The molecule has 0 unspecified atom stereocenters. The fraction of sp³-hybridized carbons (Fsp3) is 0.400.